The van der Waals surface area contributed by atoms with Crippen LogP contribution < -0.4 is 26.2 Å². The number of benzene rings is 2. The zero-order valence-corrected chi connectivity index (χ0v) is 21.6. The molecule has 0 fully saturated rings. The number of nitrogen functional groups attached to an aromatic ring is 1. The molecule has 0 saturated carbocycles. The average Bonchev–Trinajstić information content (AvgIpc) is 2.82. The van der Waals surface area contributed by atoms with Crippen molar-refractivity contribution in [2.45, 2.75) is 31.7 Å². The number of aromatic nitrogens is 1. The second-order valence-electron chi connectivity index (χ2n) is 7.97. The number of nitrogens with zero attached hydrogens (tertiary/aromatic N) is 1. The van der Waals surface area contributed by atoms with Crippen LogP contribution in [0.1, 0.15) is 27.8 Å². The molecule has 3 rings (SSSR count). The molecule has 1 amide bonds. The molecule has 0 aliphatic carbocycles. The summed E-state index contributed by atoms with van der Waals surface area (Å²) < 4.78 is 31.9. The Morgan fingerprint density at radius 2 is 1.78 bits per heavy atom. The van der Waals surface area contributed by atoms with Gasteiger partial charge < -0.3 is 15.8 Å². The van der Waals surface area contributed by atoms with Gasteiger partial charge in [-0.15, -0.1) is 12.4 Å². The Balaban J connectivity index is 0.00000456. The van der Waals surface area contributed by atoms with Crippen LogP contribution >= 0.6 is 12.4 Å². The Bertz CT molecular complexity index is 1440. The van der Waals surface area contributed by atoms with Crippen LogP contribution in [0.3, 0.4) is 0 Å². The number of aryl methyl sites for hydroxylation is 2. The number of carbonyl (C=O) groups excluding carboxylic acids is 1. The largest absolute Gasteiger partial charge is 0.495 e. The third kappa shape index (κ3) is 6.64. The van der Waals surface area contributed by atoms with E-state index in [1.807, 2.05) is 0 Å². The zero-order chi connectivity index (χ0) is 25.8. The molecule has 0 aliphatic rings. The van der Waals surface area contributed by atoms with E-state index in [4.69, 9.17) is 15.9 Å². The molecular weight excluding hydrogens is 506 g/mol. The normalized spacial score (nSPS) is 10.8. The number of pyridine rings is 1. The van der Waals surface area contributed by atoms with E-state index in [1.54, 1.807) is 56.3 Å². The van der Waals surface area contributed by atoms with Crippen LogP contribution in [0.4, 0.5) is 0 Å². The van der Waals surface area contributed by atoms with Gasteiger partial charge in [-0.25, -0.2) is 9.51 Å². The number of carbonyl (C=O) groups is 1. The third-order valence-corrected chi connectivity index (χ3v) is 6.70. The number of amidine groups is 1. The van der Waals surface area contributed by atoms with Gasteiger partial charge in [-0.05, 0) is 48.7 Å². The first-order chi connectivity index (χ1) is 16.5. The predicted octanol–water partition coefficient (Wildman–Crippen LogP) is 1.97. The van der Waals surface area contributed by atoms with Crippen molar-refractivity contribution >= 4 is 34.2 Å². The molecule has 192 valence electrons. The minimum atomic E-state index is -4.15. The summed E-state index contributed by atoms with van der Waals surface area (Å²) in [5.41, 5.74) is 7.69. The molecule has 1 aromatic heterocycles. The lowest BCUT2D eigenvalue weighted by Crippen LogP contribution is -2.36. The van der Waals surface area contributed by atoms with Gasteiger partial charge in [0.25, 0.3) is 15.6 Å². The monoisotopic (exact) mass is 533 g/mol. The molecule has 0 aliphatic heterocycles. The highest BCUT2D eigenvalue weighted by molar-refractivity contribution is 7.92. The molecule has 0 radical (unpaired) electrons. The van der Waals surface area contributed by atoms with E-state index in [-0.39, 0.29) is 47.4 Å². The first kappa shape index (κ1) is 28.4. The Morgan fingerprint density at radius 1 is 1.11 bits per heavy atom. The van der Waals surface area contributed by atoms with E-state index in [9.17, 15) is 18.0 Å². The number of hydrogen-bond acceptors (Lipinski definition) is 6. The van der Waals surface area contributed by atoms with Crippen molar-refractivity contribution in [2.24, 2.45) is 5.73 Å². The Morgan fingerprint density at radius 3 is 2.39 bits per heavy atom. The lowest BCUT2D eigenvalue weighted by Gasteiger charge is -2.15. The number of nitrogens with two attached hydrogens (primary N) is 1. The maximum absolute atomic E-state index is 13.0. The maximum Gasteiger partial charge on any atom is 0.279 e. The molecule has 3 aromatic rings. The van der Waals surface area contributed by atoms with Gasteiger partial charge in [0.1, 0.15) is 16.5 Å². The molecule has 5 N–H and O–H groups in total. The maximum atomic E-state index is 13.0. The van der Waals surface area contributed by atoms with Crippen molar-refractivity contribution in [3.63, 3.8) is 0 Å². The van der Waals surface area contributed by atoms with Crippen LogP contribution in [0.2, 0.25) is 0 Å². The van der Waals surface area contributed by atoms with Crippen molar-refractivity contribution in [1.82, 2.24) is 9.99 Å². The van der Waals surface area contributed by atoms with Gasteiger partial charge in [0.05, 0.1) is 13.5 Å². The number of rotatable bonds is 9. The molecule has 0 spiro atoms. The minimum absolute atomic E-state index is 0. The molecular formula is C24H28ClN5O5S. The number of methoxy groups -OCH3 is 1. The fourth-order valence-corrected chi connectivity index (χ4v) is 4.51. The van der Waals surface area contributed by atoms with E-state index in [1.165, 1.54) is 19.4 Å². The van der Waals surface area contributed by atoms with Gasteiger partial charge in [0, 0.05) is 23.9 Å². The quantitative estimate of drug-likeness (QED) is 0.243. The zero-order valence-electron chi connectivity index (χ0n) is 20.0. The third-order valence-electron chi connectivity index (χ3n) is 5.35. The van der Waals surface area contributed by atoms with Gasteiger partial charge in [0.15, 0.2) is 0 Å². The topological polar surface area (TPSA) is 156 Å². The van der Waals surface area contributed by atoms with Crippen molar-refractivity contribution in [3.8, 4) is 5.75 Å². The lowest BCUT2D eigenvalue weighted by molar-refractivity contribution is -0.120. The first-order valence-electron chi connectivity index (χ1n) is 10.6. The number of hydrogen-bond donors (Lipinski definition) is 4. The molecule has 0 saturated heterocycles. The molecule has 36 heavy (non-hydrogen) atoms. The fraction of sp³-hybridized carbons (Fsp3) is 0.208. The summed E-state index contributed by atoms with van der Waals surface area (Å²) in [5, 5.41) is 10.2. The number of halogens is 1. The number of ether oxygens (including phenoxy) is 1. The second-order valence-corrected chi connectivity index (χ2v) is 9.59. The van der Waals surface area contributed by atoms with Crippen LogP contribution in [0.5, 0.6) is 5.75 Å². The van der Waals surface area contributed by atoms with E-state index >= 15 is 0 Å². The minimum Gasteiger partial charge on any atom is -0.495 e. The average molecular weight is 534 g/mol. The summed E-state index contributed by atoms with van der Waals surface area (Å²) in [6.07, 6.45) is 1.07. The summed E-state index contributed by atoms with van der Waals surface area (Å²) >= 11 is 0. The first-order valence-corrected chi connectivity index (χ1v) is 12.1. The van der Waals surface area contributed by atoms with Crippen LogP contribution in [-0.4, -0.2) is 31.9 Å². The van der Waals surface area contributed by atoms with E-state index in [2.05, 4.69) is 10.1 Å². The Labute approximate surface area is 215 Å². The Hall–Kier alpha value is -3.83. The van der Waals surface area contributed by atoms with Crippen molar-refractivity contribution < 1.29 is 17.9 Å². The standard InChI is InChI=1S/C24H27N5O5S.ClH/c1-15-4-9-21(20(12-15)34-3)35(32,33)28-29-11-10-16(2)19(24(29)31)13-22(30)27-14-17-5-7-18(8-6-17)23(25)26;/h4-12,28H,13-14H2,1-3H3,(H3,25,26)(H,27,30);1H. The van der Waals surface area contributed by atoms with Crippen molar-refractivity contribution in [1.29, 1.82) is 5.41 Å². The van der Waals surface area contributed by atoms with Crippen LogP contribution in [0, 0.1) is 19.3 Å². The second kappa shape index (κ2) is 11.7. The van der Waals surface area contributed by atoms with Gasteiger partial charge in [-0.3, -0.25) is 15.0 Å². The summed E-state index contributed by atoms with van der Waals surface area (Å²) in [6.45, 7) is 3.69. The highest BCUT2D eigenvalue weighted by atomic mass is 35.5. The van der Waals surface area contributed by atoms with Gasteiger partial charge in [-0.1, -0.05) is 30.3 Å². The highest BCUT2D eigenvalue weighted by Crippen LogP contribution is 2.25. The Kier molecular flexibility index (Phi) is 9.26. The van der Waals surface area contributed by atoms with Crippen molar-refractivity contribution in [3.05, 3.63) is 92.9 Å². The summed E-state index contributed by atoms with van der Waals surface area (Å²) in [4.78, 5) is 27.7. The molecule has 12 heteroatoms. The van der Waals surface area contributed by atoms with Crippen LogP contribution in [-0.2, 0) is 27.8 Å². The lowest BCUT2D eigenvalue weighted by atomic mass is 10.1. The van der Waals surface area contributed by atoms with Crippen molar-refractivity contribution in [2.75, 3.05) is 11.9 Å². The van der Waals surface area contributed by atoms with Gasteiger partial charge in [-0.2, -0.15) is 8.42 Å². The fourth-order valence-electron chi connectivity index (χ4n) is 3.36. The number of sulfonamides is 1. The smallest absolute Gasteiger partial charge is 0.279 e. The van der Waals surface area contributed by atoms with Crippen LogP contribution in [0.25, 0.3) is 0 Å². The molecule has 0 unspecified atom stereocenters. The van der Waals surface area contributed by atoms with E-state index < -0.39 is 21.5 Å². The molecule has 10 nitrogen and oxygen atoms in total. The van der Waals surface area contributed by atoms with E-state index in [0.717, 1.165) is 15.8 Å². The van der Waals surface area contributed by atoms with E-state index in [0.29, 0.717) is 11.1 Å². The predicted molar refractivity (Wildman–Crippen MR) is 140 cm³/mol. The molecule has 0 atom stereocenters. The number of amides is 1. The number of nitrogens with one attached hydrogen (secondary N) is 3. The summed E-state index contributed by atoms with van der Waals surface area (Å²) in [7, 11) is -2.78. The van der Waals surface area contributed by atoms with Crippen LogP contribution in [0.15, 0.2) is 64.4 Å². The SMILES string of the molecule is COc1cc(C)ccc1S(=O)(=O)Nn1ccc(C)c(CC(=O)NCc2ccc(C(=N)N)cc2)c1=O.Cl. The molecule has 0 bridgehead atoms. The summed E-state index contributed by atoms with van der Waals surface area (Å²) in [5.74, 6) is -0.303. The van der Waals surface area contributed by atoms with Gasteiger partial charge >= 0.3 is 0 Å². The summed E-state index contributed by atoms with van der Waals surface area (Å²) in [6, 6.07) is 13.0. The van der Waals surface area contributed by atoms with Gasteiger partial charge in [0.2, 0.25) is 5.91 Å². The highest BCUT2D eigenvalue weighted by Gasteiger charge is 2.21. The molecule has 1 heterocycles. The molecule has 2 aromatic carbocycles.